The fourth-order valence-corrected chi connectivity index (χ4v) is 2.91. The van der Waals surface area contributed by atoms with E-state index in [2.05, 4.69) is 42.0 Å². The average molecular weight is 391 g/mol. The number of rotatable bonds is 4. The van der Waals surface area contributed by atoms with E-state index in [0.717, 1.165) is 14.5 Å². The molecule has 2 N–H and O–H groups in total. The highest BCUT2D eigenvalue weighted by Crippen LogP contribution is 2.27. The van der Waals surface area contributed by atoms with Gasteiger partial charge < -0.3 is 15.0 Å². The fourth-order valence-electron chi connectivity index (χ4n) is 1.61. The number of aromatic nitrogens is 2. The van der Waals surface area contributed by atoms with Crippen LogP contribution in [0.2, 0.25) is 0 Å². The van der Waals surface area contributed by atoms with Crippen molar-refractivity contribution >= 4 is 31.9 Å². The highest BCUT2D eigenvalue weighted by atomic mass is 79.9. The number of ether oxygens (including phenoxy) is 1. The number of nitrogens with zero attached hydrogens (tertiary/aromatic N) is 2. The molecule has 0 radical (unpaired) electrons. The molecule has 0 fully saturated rings. The summed E-state index contributed by atoms with van der Waals surface area (Å²) in [4.78, 5) is 4.33. The number of halogens is 2. The highest BCUT2D eigenvalue weighted by molar-refractivity contribution is 9.11. The van der Waals surface area contributed by atoms with Crippen LogP contribution in [-0.2, 0) is 10.3 Å². The van der Waals surface area contributed by atoms with Crippen molar-refractivity contribution < 1.29 is 9.26 Å². The predicted octanol–water partition coefficient (Wildman–Crippen LogP) is 3.08. The number of nitrogens with two attached hydrogens (primary N) is 1. The van der Waals surface area contributed by atoms with Gasteiger partial charge in [-0.2, -0.15) is 4.98 Å². The third-order valence-electron chi connectivity index (χ3n) is 2.49. The van der Waals surface area contributed by atoms with Gasteiger partial charge in [-0.3, -0.25) is 0 Å². The lowest BCUT2D eigenvalue weighted by Gasteiger charge is -2.18. The summed E-state index contributed by atoms with van der Waals surface area (Å²) in [6.07, 6.45) is 0. The standard InChI is InChI=1S/C12H13Br2N3O2/c1-12(15,6-18-2)11-16-10(19-17-11)7-3-8(13)5-9(14)4-7/h3-5H,6,15H2,1-2H3. The number of hydrogen-bond donors (Lipinski definition) is 1. The SMILES string of the molecule is COCC(C)(N)c1noc(-c2cc(Br)cc(Br)c2)n1. The Bertz CT molecular complexity index is 564. The van der Waals surface area contributed by atoms with Crippen LogP contribution < -0.4 is 5.73 Å². The first-order chi connectivity index (χ1) is 8.92. The Labute approximate surface area is 127 Å². The summed E-state index contributed by atoms with van der Waals surface area (Å²) in [6.45, 7) is 2.11. The van der Waals surface area contributed by atoms with Crippen LogP contribution in [-0.4, -0.2) is 23.9 Å². The second-order valence-corrected chi connectivity index (χ2v) is 6.26. The molecule has 1 heterocycles. The van der Waals surface area contributed by atoms with Gasteiger partial charge in [-0.1, -0.05) is 37.0 Å². The summed E-state index contributed by atoms with van der Waals surface area (Å²) in [5.41, 5.74) is 6.11. The van der Waals surface area contributed by atoms with E-state index in [1.165, 1.54) is 0 Å². The van der Waals surface area contributed by atoms with E-state index in [0.29, 0.717) is 18.3 Å². The van der Waals surface area contributed by atoms with Crippen molar-refractivity contribution in [2.45, 2.75) is 12.5 Å². The van der Waals surface area contributed by atoms with Gasteiger partial charge in [0.05, 0.1) is 6.61 Å². The predicted molar refractivity (Wildman–Crippen MR) is 78.5 cm³/mol. The van der Waals surface area contributed by atoms with Crippen LogP contribution in [0, 0.1) is 0 Å². The van der Waals surface area contributed by atoms with E-state index in [-0.39, 0.29) is 0 Å². The van der Waals surface area contributed by atoms with Crippen molar-refractivity contribution in [2.24, 2.45) is 5.73 Å². The molecule has 0 aliphatic rings. The molecule has 5 nitrogen and oxygen atoms in total. The first-order valence-electron chi connectivity index (χ1n) is 5.51. The fraction of sp³-hybridized carbons (Fsp3) is 0.333. The molecule has 2 rings (SSSR count). The third-order valence-corrected chi connectivity index (χ3v) is 3.41. The normalized spacial score (nSPS) is 14.4. The van der Waals surface area contributed by atoms with Gasteiger partial charge in [0, 0.05) is 21.6 Å². The molecule has 0 saturated carbocycles. The molecule has 1 aromatic heterocycles. The second-order valence-electron chi connectivity index (χ2n) is 4.43. The molecule has 1 aromatic carbocycles. The van der Waals surface area contributed by atoms with Crippen molar-refractivity contribution in [1.82, 2.24) is 10.1 Å². The molecule has 102 valence electrons. The number of hydrogen-bond acceptors (Lipinski definition) is 5. The first-order valence-corrected chi connectivity index (χ1v) is 7.09. The smallest absolute Gasteiger partial charge is 0.258 e. The molecule has 19 heavy (non-hydrogen) atoms. The number of benzene rings is 1. The highest BCUT2D eigenvalue weighted by Gasteiger charge is 2.27. The van der Waals surface area contributed by atoms with Crippen LogP contribution >= 0.6 is 31.9 Å². The molecule has 7 heteroatoms. The lowest BCUT2D eigenvalue weighted by molar-refractivity contribution is 0.135. The lowest BCUT2D eigenvalue weighted by Crippen LogP contribution is -2.38. The molecule has 0 aliphatic carbocycles. The van der Waals surface area contributed by atoms with Crippen LogP contribution in [0.4, 0.5) is 0 Å². The van der Waals surface area contributed by atoms with E-state index in [1.54, 1.807) is 14.0 Å². The van der Waals surface area contributed by atoms with Gasteiger partial charge in [0.15, 0.2) is 5.82 Å². The molecule has 0 aliphatic heterocycles. The van der Waals surface area contributed by atoms with Crippen LogP contribution in [0.3, 0.4) is 0 Å². The van der Waals surface area contributed by atoms with E-state index in [1.807, 2.05) is 18.2 Å². The van der Waals surface area contributed by atoms with Crippen molar-refractivity contribution in [1.29, 1.82) is 0 Å². The molecule has 1 atom stereocenters. The minimum absolute atomic E-state index is 0.314. The van der Waals surface area contributed by atoms with Crippen molar-refractivity contribution in [3.63, 3.8) is 0 Å². The summed E-state index contributed by atoms with van der Waals surface area (Å²) < 4.78 is 12.1. The van der Waals surface area contributed by atoms with Gasteiger partial charge >= 0.3 is 0 Å². The van der Waals surface area contributed by atoms with E-state index in [4.69, 9.17) is 15.0 Å². The molecule has 0 bridgehead atoms. The molecular weight excluding hydrogens is 378 g/mol. The molecular formula is C12H13Br2N3O2. The molecule has 0 spiro atoms. The van der Waals surface area contributed by atoms with Gasteiger partial charge in [-0.25, -0.2) is 0 Å². The van der Waals surface area contributed by atoms with Crippen molar-refractivity contribution in [3.8, 4) is 11.5 Å². The van der Waals surface area contributed by atoms with Gasteiger partial charge in [0.1, 0.15) is 5.54 Å². The van der Waals surface area contributed by atoms with Crippen LogP contribution in [0.5, 0.6) is 0 Å². The van der Waals surface area contributed by atoms with Crippen LogP contribution in [0.1, 0.15) is 12.7 Å². The van der Waals surface area contributed by atoms with Gasteiger partial charge in [-0.15, -0.1) is 0 Å². The van der Waals surface area contributed by atoms with Crippen LogP contribution in [0.15, 0.2) is 31.7 Å². The van der Waals surface area contributed by atoms with Gasteiger partial charge in [-0.05, 0) is 25.1 Å². The second kappa shape index (κ2) is 5.70. The summed E-state index contributed by atoms with van der Waals surface area (Å²) in [5.74, 6) is 0.838. The Kier molecular flexibility index (Phi) is 4.39. The summed E-state index contributed by atoms with van der Waals surface area (Å²) in [7, 11) is 1.58. The monoisotopic (exact) mass is 389 g/mol. The minimum atomic E-state index is -0.778. The molecule has 0 saturated heterocycles. The maximum absolute atomic E-state index is 6.07. The van der Waals surface area contributed by atoms with Crippen molar-refractivity contribution in [2.75, 3.05) is 13.7 Å². The van der Waals surface area contributed by atoms with E-state index in [9.17, 15) is 0 Å². The quantitative estimate of drug-likeness (QED) is 0.868. The van der Waals surface area contributed by atoms with Gasteiger partial charge in [0.2, 0.25) is 0 Å². The Morgan fingerprint density at radius 1 is 1.32 bits per heavy atom. The zero-order chi connectivity index (χ0) is 14.0. The van der Waals surface area contributed by atoms with E-state index >= 15 is 0 Å². The van der Waals surface area contributed by atoms with Crippen molar-refractivity contribution in [3.05, 3.63) is 33.0 Å². The average Bonchev–Trinajstić information content (AvgIpc) is 2.77. The van der Waals surface area contributed by atoms with Crippen LogP contribution in [0.25, 0.3) is 11.5 Å². The Balaban J connectivity index is 2.35. The third kappa shape index (κ3) is 3.42. The molecule has 1 unspecified atom stereocenters. The Morgan fingerprint density at radius 2 is 1.95 bits per heavy atom. The lowest BCUT2D eigenvalue weighted by atomic mass is 10.1. The maximum Gasteiger partial charge on any atom is 0.258 e. The summed E-state index contributed by atoms with van der Waals surface area (Å²) >= 11 is 6.83. The largest absolute Gasteiger partial charge is 0.382 e. The molecule has 0 amide bonds. The first kappa shape index (κ1) is 14.6. The van der Waals surface area contributed by atoms with E-state index < -0.39 is 5.54 Å². The number of methoxy groups -OCH3 is 1. The zero-order valence-electron chi connectivity index (χ0n) is 10.5. The molecule has 2 aromatic rings. The maximum atomic E-state index is 6.07. The minimum Gasteiger partial charge on any atom is -0.382 e. The topological polar surface area (TPSA) is 74.2 Å². The summed E-state index contributed by atoms with van der Waals surface area (Å²) in [6, 6.07) is 5.72. The van der Waals surface area contributed by atoms with Gasteiger partial charge in [0.25, 0.3) is 5.89 Å². The Hall–Kier alpha value is -0.760. The zero-order valence-corrected chi connectivity index (χ0v) is 13.7. The summed E-state index contributed by atoms with van der Waals surface area (Å²) in [5, 5.41) is 3.92. The Morgan fingerprint density at radius 3 is 2.53 bits per heavy atom.